The zero-order valence-corrected chi connectivity index (χ0v) is 10.6. The van der Waals surface area contributed by atoms with Crippen molar-refractivity contribution in [1.29, 1.82) is 0 Å². The van der Waals surface area contributed by atoms with Crippen LogP contribution in [0.25, 0.3) is 0 Å². The van der Waals surface area contributed by atoms with Crippen molar-refractivity contribution < 1.29 is 21.6 Å². The second-order valence-electron chi connectivity index (χ2n) is 3.93. The molecule has 0 saturated heterocycles. The summed E-state index contributed by atoms with van der Waals surface area (Å²) in [5.74, 6) is 0. The van der Waals surface area contributed by atoms with Gasteiger partial charge in [-0.2, -0.15) is 13.2 Å². The normalized spacial score (nSPS) is 12.7. The summed E-state index contributed by atoms with van der Waals surface area (Å²) in [4.78, 5) is 0. The number of aryl methyl sites for hydroxylation is 2. The number of rotatable bonds is 5. The molecule has 0 aromatic heterocycles. The molecule has 1 aromatic rings. The van der Waals surface area contributed by atoms with Gasteiger partial charge in [0.2, 0.25) is 0 Å². The van der Waals surface area contributed by atoms with E-state index in [4.69, 9.17) is 0 Å². The molecule has 0 radical (unpaired) electrons. The van der Waals surface area contributed by atoms with E-state index in [1.807, 2.05) is 31.2 Å². The maximum absolute atomic E-state index is 12.0. The van der Waals surface area contributed by atoms with Gasteiger partial charge in [-0.3, -0.25) is 0 Å². The SMILES string of the molecule is Cc1ccc(CCCNS(=O)(=O)C(F)(F)F)cc1. The predicted molar refractivity (Wildman–Crippen MR) is 62.5 cm³/mol. The molecule has 18 heavy (non-hydrogen) atoms. The van der Waals surface area contributed by atoms with Gasteiger partial charge in [0, 0.05) is 6.54 Å². The van der Waals surface area contributed by atoms with Crippen molar-refractivity contribution in [3.05, 3.63) is 35.4 Å². The molecule has 102 valence electrons. The van der Waals surface area contributed by atoms with Crippen molar-refractivity contribution in [2.45, 2.75) is 25.3 Å². The molecule has 1 N–H and O–H groups in total. The average Bonchev–Trinajstić information content (AvgIpc) is 2.25. The van der Waals surface area contributed by atoms with Crippen molar-refractivity contribution in [2.24, 2.45) is 0 Å². The number of sulfonamides is 1. The second-order valence-corrected chi connectivity index (χ2v) is 5.69. The Kier molecular flexibility index (Phi) is 4.75. The molecule has 0 heterocycles. The molecule has 1 aromatic carbocycles. The third kappa shape index (κ3) is 4.30. The van der Waals surface area contributed by atoms with Gasteiger partial charge in [-0.15, -0.1) is 0 Å². The molecule has 0 aliphatic heterocycles. The van der Waals surface area contributed by atoms with Gasteiger partial charge in [-0.05, 0) is 25.3 Å². The summed E-state index contributed by atoms with van der Waals surface area (Å²) < 4.78 is 58.8. The highest BCUT2D eigenvalue weighted by atomic mass is 32.2. The van der Waals surface area contributed by atoms with Gasteiger partial charge in [-0.1, -0.05) is 29.8 Å². The molecule has 7 heteroatoms. The first-order valence-electron chi connectivity index (χ1n) is 5.34. The van der Waals surface area contributed by atoms with E-state index in [1.54, 1.807) is 0 Å². The Hall–Kier alpha value is -1.08. The number of halogens is 3. The largest absolute Gasteiger partial charge is 0.511 e. The van der Waals surface area contributed by atoms with E-state index in [0.29, 0.717) is 12.8 Å². The third-order valence-electron chi connectivity index (χ3n) is 2.36. The number of benzene rings is 1. The summed E-state index contributed by atoms with van der Waals surface area (Å²) in [5, 5.41) is 0. The fourth-order valence-corrected chi connectivity index (χ4v) is 1.91. The van der Waals surface area contributed by atoms with Crippen LogP contribution in [0.1, 0.15) is 17.5 Å². The van der Waals surface area contributed by atoms with Crippen LogP contribution in [0.3, 0.4) is 0 Å². The molecule has 0 unspecified atom stereocenters. The molecule has 0 spiro atoms. The second kappa shape index (κ2) is 5.71. The zero-order chi connectivity index (χ0) is 13.8. The Bertz CT molecular complexity index is 480. The molecule has 0 saturated carbocycles. The standard InChI is InChI=1S/C11H14F3NO2S/c1-9-4-6-10(7-5-9)3-2-8-15-18(16,17)11(12,13)14/h4-7,15H,2-3,8H2,1H3. The highest BCUT2D eigenvalue weighted by Gasteiger charge is 2.45. The quantitative estimate of drug-likeness (QED) is 0.842. The van der Waals surface area contributed by atoms with Gasteiger partial charge >= 0.3 is 15.5 Å². The van der Waals surface area contributed by atoms with E-state index in [9.17, 15) is 21.6 Å². The Morgan fingerprint density at radius 3 is 2.22 bits per heavy atom. The van der Waals surface area contributed by atoms with E-state index >= 15 is 0 Å². The molecule has 0 amide bonds. The molecule has 0 bridgehead atoms. The minimum absolute atomic E-state index is 0.226. The summed E-state index contributed by atoms with van der Waals surface area (Å²) >= 11 is 0. The first-order chi connectivity index (χ1) is 8.22. The van der Waals surface area contributed by atoms with Crippen LogP contribution in [0, 0.1) is 6.92 Å². The van der Waals surface area contributed by atoms with Crippen LogP contribution in [0.2, 0.25) is 0 Å². The first kappa shape index (κ1) is 15.0. The number of alkyl halides is 3. The minimum atomic E-state index is -5.24. The van der Waals surface area contributed by atoms with Crippen LogP contribution in [0.4, 0.5) is 13.2 Å². The van der Waals surface area contributed by atoms with Crippen molar-refractivity contribution in [2.75, 3.05) is 6.54 Å². The zero-order valence-electron chi connectivity index (χ0n) is 9.79. The molecular formula is C11H14F3NO2S. The van der Waals surface area contributed by atoms with Gasteiger partial charge in [-0.25, -0.2) is 13.1 Å². The lowest BCUT2D eigenvalue weighted by atomic mass is 10.1. The van der Waals surface area contributed by atoms with Crippen LogP contribution >= 0.6 is 0 Å². The van der Waals surface area contributed by atoms with Crippen molar-refractivity contribution in [3.63, 3.8) is 0 Å². The van der Waals surface area contributed by atoms with Crippen molar-refractivity contribution in [3.8, 4) is 0 Å². The van der Waals surface area contributed by atoms with Gasteiger partial charge in [0.1, 0.15) is 0 Å². The lowest BCUT2D eigenvalue weighted by Crippen LogP contribution is -2.37. The van der Waals surface area contributed by atoms with Gasteiger partial charge in [0.25, 0.3) is 0 Å². The van der Waals surface area contributed by atoms with Crippen molar-refractivity contribution >= 4 is 10.0 Å². The van der Waals surface area contributed by atoms with E-state index < -0.39 is 15.5 Å². The third-order valence-corrected chi connectivity index (χ3v) is 3.55. The van der Waals surface area contributed by atoms with Crippen LogP contribution in [0.5, 0.6) is 0 Å². The summed E-state index contributed by atoms with van der Waals surface area (Å²) in [5.41, 5.74) is -3.18. The fraction of sp³-hybridized carbons (Fsp3) is 0.455. The topological polar surface area (TPSA) is 46.2 Å². The maximum Gasteiger partial charge on any atom is 0.511 e. The van der Waals surface area contributed by atoms with Gasteiger partial charge < -0.3 is 0 Å². The number of nitrogens with one attached hydrogen (secondary N) is 1. The predicted octanol–water partition coefficient (Wildman–Crippen LogP) is 2.37. The molecule has 0 aliphatic carbocycles. The highest BCUT2D eigenvalue weighted by molar-refractivity contribution is 7.90. The fourth-order valence-electron chi connectivity index (χ4n) is 1.34. The Morgan fingerprint density at radius 1 is 1.17 bits per heavy atom. The molecule has 0 atom stereocenters. The lowest BCUT2D eigenvalue weighted by molar-refractivity contribution is -0.0447. The molecule has 3 nitrogen and oxygen atoms in total. The Labute approximate surface area is 104 Å². The molecule has 1 rings (SSSR count). The summed E-state index contributed by atoms with van der Waals surface area (Å²) in [6, 6.07) is 7.53. The smallest absolute Gasteiger partial charge is 0.207 e. The summed E-state index contributed by atoms with van der Waals surface area (Å²) in [6.07, 6.45) is 0.846. The minimum Gasteiger partial charge on any atom is -0.207 e. The lowest BCUT2D eigenvalue weighted by Gasteiger charge is -2.09. The summed E-state index contributed by atoms with van der Waals surface area (Å²) in [6.45, 7) is 1.71. The van der Waals surface area contributed by atoms with E-state index in [-0.39, 0.29) is 6.54 Å². The monoisotopic (exact) mass is 281 g/mol. The van der Waals surface area contributed by atoms with E-state index in [0.717, 1.165) is 11.1 Å². The van der Waals surface area contributed by atoms with Gasteiger partial charge in [0.05, 0.1) is 0 Å². The van der Waals surface area contributed by atoms with E-state index in [2.05, 4.69) is 0 Å². The molecule has 0 fully saturated rings. The van der Waals surface area contributed by atoms with Crippen LogP contribution < -0.4 is 4.72 Å². The van der Waals surface area contributed by atoms with Crippen molar-refractivity contribution in [1.82, 2.24) is 4.72 Å². The van der Waals surface area contributed by atoms with Crippen LogP contribution in [-0.2, 0) is 16.4 Å². The van der Waals surface area contributed by atoms with Crippen LogP contribution in [-0.4, -0.2) is 20.5 Å². The maximum atomic E-state index is 12.0. The van der Waals surface area contributed by atoms with Gasteiger partial charge in [0.15, 0.2) is 0 Å². The molecular weight excluding hydrogens is 267 g/mol. The Balaban J connectivity index is 2.38. The molecule has 0 aliphatic rings. The average molecular weight is 281 g/mol. The highest BCUT2D eigenvalue weighted by Crippen LogP contribution is 2.21. The number of hydrogen-bond donors (Lipinski definition) is 1. The van der Waals surface area contributed by atoms with Crippen LogP contribution in [0.15, 0.2) is 24.3 Å². The Morgan fingerprint density at radius 2 is 1.72 bits per heavy atom. The van der Waals surface area contributed by atoms with E-state index in [1.165, 1.54) is 4.72 Å². The number of hydrogen-bond acceptors (Lipinski definition) is 2. The first-order valence-corrected chi connectivity index (χ1v) is 6.82. The summed E-state index contributed by atoms with van der Waals surface area (Å²) in [7, 11) is -5.21.